The molecule has 23 heavy (non-hydrogen) atoms. The van der Waals surface area contributed by atoms with Gasteiger partial charge in [-0.3, -0.25) is 4.79 Å². The van der Waals surface area contributed by atoms with Crippen molar-refractivity contribution >= 4 is 5.91 Å². The van der Waals surface area contributed by atoms with Crippen molar-refractivity contribution in [1.82, 2.24) is 5.32 Å². The van der Waals surface area contributed by atoms with Gasteiger partial charge in [0, 0.05) is 12.1 Å². The number of carbonyl (C=O) groups is 1. The summed E-state index contributed by atoms with van der Waals surface area (Å²) >= 11 is 0. The van der Waals surface area contributed by atoms with E-state index in [4.69, 9.17) is 0 Å². The summed E-state index contributed by atoms with van der Waals surface area (Å²) in [7, 11) is 0. The molecule has 1 saturated carbocycles. The molecule has 0 aromatic heterocycles. The van der Waals surface area contributed by atoms with Gasteiger partial charge in [-0.15, -0.1) is 0 Å². The molecule has 2 aromatic rings. The topological polar surface area (TPSA) is 49.3 Å². The van der Waals surface area contributed by atoms with Gasteiger partial charge in [0.15, 0.2) is 0 Å². The van der Waals surface area contributed by atoms with Crippen LogP contribution in [0.4, 0.5) is 0 Å². The SMILES string of the molecule is O=C(NCc1ccccc1)c1ccccc1C1(O)CCCCC1. The number of rotatable bonds is 4. The molecular formula is C20H23NO2. The normalized spacial score (nSPS) is 16.7. The number of nitrogens with one attached hydrogen (secondary N) is 1. The van der Waals surface area contributed by atoms with E-state index < -0.39 is 5.60 Å². The van der Waals surface area contributed by atoms with Gasteiger partial charge >= 0.3 is 0 Å². The lowest BCUT2D eigenvalue weighted by Gasteiger charge is -2.33. The molecule has 3 nitrogen and oxygen atoms in total. The highest BCUT2D eigenvalue weighted by Gasteiger charge is 2.34. The van der Waals surface area contributed by atoms with Crippen molar-refractivity contribution in [1.29, 1.82) is 0 Å². The van der Waals surface area contributed by atoms with E-state index in [9.17, 15) is 9.90 Å². The predicted octanol–water partition coefficient (Wildman–Crippen LogP) is 3.77. The summed E-state index contributed by atoms with van der Waals surface area (Å²) in [5, 5.41) is 13.9. The maximum Gasteiger partial charge on any atom is 0.251 e. The van der Waals surface area contributed by atoms with Gasteiger partial charge in [0.05, 0.1) is 5.60 Å². The monoisotopic (exact) mass is 309 g/mol. The van der Waals surface area contributed by atoms with Crippen LogP contribution >= 0.6 is 0 Å². The second-order valence-electron chi connectivity index (χ2n) is 6.31. The van der Waals surface area contributed by atoms with Gasteiger partial charge in [-0.25, -0.2) is 0 Å². The van der Waals surface area contributed by atoms with Crippen molar-refractivity contribution in [2.24, 2.45) is 0 Å². The van der Waals surface area contributed by atoms with Gasteiger partial charge in [0.25, 0.3) is 5.91 Å². The molecule has 1 fully saturated rings. The summed E-state index contributed by atoms with van der Waals surface area (Å²) in [6.07, 6.45) is 4.64. The molecule has 0 heterocycles. The molecule has 0 atom stereocenters. The molecule has 1 amide bonds. The minimum absolute atomic E-state index is 0.122. The van der Waals surface area contributed by atoms with Crippen LogP contribution in [0.1, 0.15) is 53.6 Å². The molecule has 2 N–H and O–H groups in total. The minimum atomic E-state index is -0.862. The number of hydrogen-bond acceptors (Lipinski definition) is 2. The summed E-state index contributed by atoms with van der Waals surface area (Å²) in [6, 6.07) is 17.3. The van der Waals surface area contributed by atoms with E-state index in [1.54, 1.807) is 0 Å². The van der Waals surface area contributed by atoms with Gasteiger partial charge in [0.2, 0.25) is 0 Å². The Bertz CT molecular complexity index is 660. The van der Waals surface area contributed by atoms with Crippen LogP contribution in [0.5, 0.6) is 0 Å². The molecule has 3 rings (SSSR count). The summed E-state index contributed by atoms with van der Waals surface area (Å²) in [5.41, 5.74) is 1.56. The molecule has 3 heteroatoms. The molecule has 1 aliphatic carbocycles. The first-order valence-electron chi connectivity index (χ1n) is 8.33. The number of carbonyl (C=O) groups excluding carboxylic acids is 1. The second kappa shape index (κ2) is 6.97. The molecule has 0 unspecified atom stereocenters. The van der Waals surface area contributed by atoms with Crippen molar-refractivity contribution in [3.05, 3.63) is 71.3 Å². The van der Waals surface area contributed by atoms with Crippen molar-refractivity contribution in [3.8, 4) is 0 Å². The van der Waals surface area contributed by atoms with Gasteiger partial charge < -0.3 is 10.4 Å². The van der Waals surface area contributed by atoms with Crippen molar-refractivity contribution in [3.63, 3.8) is 0 Å². The highest BCUT2D eigenvalue weighted by atomic mass is 16.3. The first-order valence-corrected chi connectivity index (χ1v) is 8.33. The minimum Gasteiger partial charge on any atom is -0.385 e. The lowest BCUT2D eigenvalue weighted by molar-refractivity contribution is -0.00140. The molecule has 0 aliphatic heterocycles. The van der Waals surface area contributed by atoms with Crippen molar-refractivity contribution < 1.29 is 9.90 Å². The van der Waals surface area contributed by atoms with E-state index in [0.29, 0.717) is 12.1 Å². The fourth-order valence-corrected chi connectivity index (χ4v) is 3.37. The fourth-order valence-electron chi connectivity index (χ4n) is 3.37. The van der Waals surface area contributed by atoms with Crippen LogP contribution in [-0.2, 0) is 12.1 Å². The summed E-state index contributed by atoms with van der Waals surface area (Å²) < 4.78 is 0. The lowest BCUT2D eigenvalue weighted by atomic mass is 9.78. The first-order chi connectivity index (χ1) is 11.2. The zero-order valence-corrected chi connectivity index (χ0v) is 13.3. The van der Waals surface area contributed by atoms with Crippen LogP contribution in [0.15, 0.2) is 54.6 Å². The Kier molecular flexibility index (Phi) is 4.77. The Morgan fingerprint density at radius 1 is 0.957 bits per heavy atom. The average molecular weight is 309 g/mol. The van der Waals surface area contributed by atoms with Crippen LogP contribution in [-0.4, -0.2) is 11.0 Å². The van der Waals surface area contributed by atoms with E-state index in [1.165, 1.54) is 0 Å². The highest BCUT2D eigenvalue weighted by molar-refractivity contribution is 5.96. The largest absolute Gasteiger partial charge is 0.385 e. The highest BCUT2D eigenvalue weighted by Crippen LogP contribution is 2.38. The molecule has 0 spiro atoms. The van der Waals surface area contributed by atoms with E-state index in [0.717, 1.165) is 43.2 Å². The van der Waals surface area contributed by atoms with Crippen LogP contribution < -0.4 is 5.32 Å². The molecule has 2 aromatic carbocycles. The smallest absolute Gasteiger partial charge is 0.251 e. The lowest BCUT2D eigenvalue weighted by Crippen LogP contribution is -2.33. The fraction of sp³-hybridized carbons (Fsp3) is 0.350. The third kappa shape index (κ3) is 3.62. The van der Waals surface area contributed by atoms with Crippen LogP contribution in [0.2, 0.25) is 0 Å². The summed E-state index contributed by atoms with van der Waals surface area (Å²) in [6.45, 7) is 0.492. The Labute approximate surface area is 137 Å². The number of aliphatic hydroxyl groups is 1. The zero-order chi connectivity index (χ0) is 16.1. The molecule has 1 aliphatic rings. The quantitative estimate of drug-likeness (QED) is 0.903. The Morgan fingerprint density at radius 2 is 1.61 bits per heavy atom. The third-order valence-corrected chi connectivity index (χ3v) is 4.65. The number of benzene rings is 2. The van der Waals surface area contributed by atoms with Gasteiger partial charge in [-0.05, 0) is 30.0 Å². The predicted molar refractivity (Wildman–Crippen MR) is 91.0 cm³/mol. The second-order valence-corrected chi connectivity index (χ2v) is 6.31. The first kappa shape index (κ1) is 15.8. The molecule has 120 valence electrons. The average Bonchev–Trinajstić information content (AvgIpc) is 2.61. The number of amides is 1. The summed E-state index contributed by atoms with van der Waals surface area (Å²) in [4.78, 5) is 12.6. The van der Waals surface area contributed by atoms with E-state index >= 15 is 0 Å². The maximum absolute atomic E-state index is 12.6. The molecule has 0 radical (unpaired) electrons. The Morgan fingerprint density at radius 3 is 2.35 bits per heavy atom. The van der Waals surface area contributed by atoms with E-state index in [2.05, 4.69) is 5.32 Å². The summed E-state index contributed by atoms with van der Waals surface area (Å²) in [5.74, 6) is -0.122. The van der Waals surface area contributed by atoms with Crippen LogP contribution in [0.3, 0.4) is 0 Å². The van der Waals surface area contributed by atoms with Gasteiger partial charge in [0.1, 0.15) is 0 Å². The molecular weight excluding hydrogens is 286 g/mol. The van der Waals surface area contributed by atoms with Crippen molar-refractivity contribution in [2.45, 2.75) is 44.2 Å². The van der Waals surface area contributed by atoms with Gasteiger partial charge in [-0.2, -0.15) is 0 Å². The van der Waals surface area contributed by atoms with Crippen LogP contribution in [0.25, 0.3) is 0 Å². The van der Waals surface area contributed by atoms with Gasteiger partial charge in [-0.1, -0.05) is 67.8 Å². The van der Waals surface area contributed by atoms with Crippen molar-refractivity contribution in [2.75, 3.05) is 0 Å². The van der Waals surface area contributed by atoms with E-state index in [1.807, 2.05) is 54.6 Å². The Hall–Kier alpha value is -2.13. The number of hydrogen-bond donors (Lipinski definition) is 2. The maximum atomic E-state index is 12.6. The zero-order valence-electron chi connectivity index (χ0n) is 13.3. The third-order valence-electron chi connectivity index (χ3n) is 4.65. The van der Waals surface area contributed by atoms with Crippen LogP contribution in [0, 0.1) is 0 Å². The van der Waals surface area contributed by atoms with E-state index in [-0.39, 0.29) is 5.91 Å². The molecule has 0 saturated heterocycles. The molecule has 0 bridgehead atoms. The Balaban J connectivity index is 1.78. The standard InChI is InChI=1S/C20H23NO2/c22-19(21-15-16-9-3-1-4-10-16)17-11-5-6-12-18(17)20(23)13-7-2-8-14-20/h1,3-6,9-12,23H,2,7-8,13-15H2,(H,21,22).